The van der Waals surface area contributed by atoms with E-state index in [-0.39, 0.29) is 29.6 Å². The molecule has 2 atom stereocenters. The predicted octanol–water partition coefficient (Wildman–Crippen LogP) is 3.64. The summed E-state index contributed by atoms with van der Waals surface area (Å²) in [6.45, 7) is 6.15. The number of nitrogens with one attached hydrogen (secondary N) is 1. The molecule has 2 unspecified atom stereocenters. The van der Waals surface area contributed by atoms with Gasteiger partial charge in [-0.2, -0.15) is 0 Å². The summed E-state index contributed by atoms with van der Waals surface area (Å²) in [6, 6.07) is 8.44. The van der Waals surface area contributed by atoms with Crippen LogP contribution in [-0.4, -0.2) is 36.3 Å². The molecule has 2 aliphatic rings. The molecule has 3 rings (SSSR count). The summed E-state index contributed by atoms with van der Waals surface area (Å²) in [5.74, 6) is 0.507. The van der Waals surface area contributed by atoms with Crippen LogP contribution in [0.25, 0.3) is 0 Å². The molecule has 4 heteroatoms. The van der Waals surface area contributed by atoms with Gasteiger partial charge in [-0.3, -0.25) is 9.59 Å². The highest BCUT2D eigenvalue weighted by molar-refractivity contribution is 5.84. The largest absolute Gasteiger partial charge is 0.356 e. The summed E-state index contributed by atoms with van der Waals surface area (Å²) in [5, 5.41) is 3.09. The van der Waals surface area contributed by atoms with Gasteiger partial charge in [0.2, 0.25) is 11.8 Å². The first-order chi connectivity index (χ1) is 12.6. The van der Waals surface area contributed by atoms with Crippen LogP contribution in [0.15, 0.2) is 24.3 Å². The molecular weight excluding hydrogens is 324 g/mol. The van der Waals surface area contributed by atoms with Crippen molar-refractivity contribution in [1.29, 1.82) is 0 Å². The Balaban J connectivity index is 1.74. The van der Waals surface area contributed by atoms with Crippen LogP contribution in [0.3, 0.4) is 0 Å². The van der Waals surface area contributed by atoms with Gasteiger partial charge in [0, 0.05) is 31.5 Å². The number of unbranched alkanes of at least 4 members (excludes halogenated alkanes) is 1. The Bertz CT molecular complexity index is 620. The quantitative estimate of drug-likeness (QED) is 0.791. The van der Waals surface area contributed by atoms with E-state index < -0.39 is 0 Å². The molecule has 0 aromatic heterocycles. The Morgan fingerprint density at radius 2 is 1.81 bits per heavy atom. The molecule has 4 nitrogen and oxygen atoms in total. The number of likely N-dealkylation sites (tertiary alicyclic amines) is 1. The maximum Gasteiger partial charge on any atom is 0.225 e. The standard InChI is InChI=1S/C22H32N2O2/c1-3-4-13-23-21(25)20-15-24(22(26)18-7-5-6-8-18)14-19(20)17-11-9-16(2)10-12-17/h9-12,18-20H,3-8,13-15H2,1-2H3,(H,23,25). The first-order valence-corrected chi connectivity index (χ1v) is 10.2. The number of rotatable bonds is 6. The van der Waals surface area contributed by atoms with Gasteiger partial charge in [0.25, 0.3) is 0 Å². The lowest BCUT2D eigenvalue weighted by Crippen LogP contribution is -2.37. The summed E-state index contributed by atoms with van der Waals surface area (Å²) < 4.78 is 0. The Hall–Kier alpha value is -1.84. The summed E-state index contributed by atoms with van der Waals surface area (Å²) in [5.41, 5.74) is 2.39. The Labute approximate surface area is 157 Å². The zero-order chi connectivity index (χ0) is 18.5. The fourth-order valence-corrected chi connectivity index (χ4v) is 4.35. The normalized spacial score (nSPS) is 23.4. The molecule has 1 N–H and O–H groups in total. The van der Waals surface area contributed by atoms with Crippen LogP contribution < -0.4 is 5.32 Å². The van der Waals surface area contributed by atoms with E-state index in [4.69, 9.17) is 0 Å². The second-order valence-corrected chi connectivity index (χ2v) is 7.99. The minimum Gasteiger partial charge on any atom is -0.356 e. The second kappa shape index (κ2) is 8.70. The number of benzene rings is 1. The zero-order valence-electron chi connectivity index (χ0n) is 16.2. The highest BCUT2D eigenvalue weighted by Crippen LogP contribution is 2.36. The monoisotopic (exact) mass is 356 g/mol. The summed E-state index contributed by atoms with van der Waals surface area (Å²) in [7, 11) is 0. The molecule has 2 fully saturated rings. The fraction of sp³-hybridized carbons (Fsp3) is 0.636. The maximum atomic E-state index is 12.9. The third-order valence-corrected chi connectivity index (χ3v) is 6.01. The fourth-order valence-electron chi connectivity index (χ4n) is 4.35. The van der Waals surface area contributed by atoms with E-state index >= 15 is 0 Å². The zero-order valence-corrected chi connectivity index (χ0v) is 16.2. The SMILES string of the molecule is CCCCNC(=O)C1CN(C(=O)C2CCCC2)CC1c1ccc(C)cc1. The molecule has 142 valence electrons. The van der Waals surface area contributed by atoms with Crippen LogP contribution in [0.5, 0.6) is 0 Å². The van der Waals surface area contributed by atoms with Gasteiger partial charge < -0.3 is 10.2 Å². The van der Waals surface area contributed by atoms with E-state index in [0.717, 1.165) is 45.1 Å². The number of amides is 2. The highest BCUT2D eigenvalue weighted by Gasteiger charge is 2.41. The van der Waals surface area contributed by atoms with Gasteiger partial charge in [0.05, 0.1) is 5.92 Å². The van der Waals surface area contributed by atoms with Crippen molar-refractivity contribution in [2.75, 3.05) is 19.6 Å². The minimum absolute atomic E-state index is 0.0996. The van der Waals surface area contributed by atoms with Crippen molar-refractivity contribution in [1.82, 2.24) is 10.2 Å². The van der Waals surface area contributed by atoms with E-state index in [1.807, 2.05) is 4.90 Å². The molecule has 1 saturated carbocycles. The van der Waals surface area contributed by atoms with Crippen LogP contribution in [0.1, 0.15) is 62.5 Å². The first kappa shape index (κ1) is 18.9. The van der Waals surface area contributed by atoms with Crippen LogP contribution in [0.2, 0.25) is 0 Å². The number of hydrogen-bond acceptors (Lipinski definition) is 2. The van der Waals surface area contributed by atoms with Crippen molar-refractivity contribution < 1.29 is 9.59 Å². The van der Waals surface area contributed by atoms with Gasteiger partial charge in [-0.1, -0.05) is 56.0 Å². The van der Waals surface area contributed by atoms with Gasteiger partial charge in [-0.05, 0) is 31.7 Å². The van der Waals surface area contributed by atoms with E-state index in [2.05, 4.69) is 43.4 Å². The molecule has 2 amide bonds. The molecule has 1 heterocycles. The molecule has 1 aliphatic heterocycles. The third-order valence-electron chi connectivity index (χ3n) is 6.01. The van der Waals surface area contributed by atoms with Crippen molar-refractivity contribution in [2.24, 2.45) is 11.8 Å². The molecule has 1 saturated heterocycles. The van der Waals surface area contributed by atoms with E-state index in [9.17, 15) is 9.59 Å². The highest BCUT2D eigenvalue weighted by atomic mass is 16.2. The van der Waals surface area contributed by atoms with Gasteiger partial charge in [-0.15, -0.1) is 0 Å². The molecule has 1 aromatic rings. The number of carbonyl (C=O) groups is 2. The number of hydrogen-bond donors (Lipinski definition) is 1. The van der Waals surface area contributed by atoms with Crippen molar-refractivity contribution in [2.45, 2.75) is 58.3 Å². The van der Waals surface area contributed by atoms with Crippen LogP contribution >= 0.6 is 0 Å². The number of nitrogens with zero attached hydrogens (tertiary/aromatic N) is 1. The van der Waals surface area contributed by atoms with E-state index in [1.54, 1.807) is 0 Å². The average molecular weight is 357 g/mol. The maximum absolute atomic E-state index is 12.9. The molecule has 1 aromatic carbocycles. The van der Waals surface area contributed by atoms with E-state index in [1.165, 1.54) is 11.1 Å². The molecule has 0 bridgehead atoms. The molecule has 26 heavy (non-hydrogen) atoms. The molecule has 1 aliphatic carbocycles. The first-order valence-electron chi connectivity index (χ1n) is 10.2. The van der Waals surface area contributed by atoms with Gasteiger partial charge >= 0.3 is 0 Å². The van der Waals surface area contributed by atoms with Crippen molar-refractivity contribution >= 4 is 11.8 Å². The lowest BCUT2D eigenvalue weighted by molar-refractivity contribution is -0.134. The van der Waals surface area contributed by atoms with Crippen molar-refractivity contribution in [3.63, 3.8) is 0 Å². The predicted molar refractivity (Wildman–Crippen MR) is 104 cm³/mol. The van der Waals surface area contributed by atoms with Crippen LogP contribution in [0, 0.1) is 18.8 Å². The van der Waals surface area contributed by atoms with Crippen molar-refractivity contribution in [3.8, 4) is 0 Å². The lowest BCUT2D eigenvalue weighted by atomic mass is 9.88. The average Bonchev–Trinajstić information content (AvgIpc) is 3.32. The van der Waals surface area contributed by atoms with Crippen LogP contribution in [-0.2, 0) is 9.59 Å². The smallest absolute Gasteiger partial charge is 0.225 e. The summed E-state index contributed by atoms with van der Waals surface area (Å²) in [4.78, 5) is 27.7. The summed E-state index contributed by atoms with van der Waals surface area (Å²) >= 11 is 0. The van der Waals surface area contributed by atoms with Gasteiger partial charge in [0.1, 0.15) is 0 Å². The Morgan fingerprint density at radius 3 is 2.46 bits per heavy atom. The number of carbonyl (C=O) groups excluding carboxylic acids is 2. The minimum atomic E-state index is -0.139. The molecule has 0 spiro atoms. The van der Waals surface area contributed by atoms with Gasteiger partial charge in [-0.25, -0.2) is 0 Å². The Kier molecular flexibility index (Phi) is 6.33. The Morgan fingerprint density at radius 1 is 1.12 bits per heavy atom. The lowest BCUT2D eigenvalue weighted by Gasteiger charge is -2.20. The topological polar surface area (TPSA) is 49.4 Å². The summed E-state index contributed by atoms with van der Waals surface area (Å²) in [6.07, 6.45) is 6.41. The van der Waals surface area contributed by atoms with Crippen molar-refractivity contribution in [3.05, 3.63) is 35.4 Å². The van der Waals surface area contributed by atoms with Crippen LogP contribution in [0.4, 0.5) is 0 Å². The molecular formula is C22H32N2O2. The second-order valence-electron chi connectivity index (χ2n) is 7.99. The molecule has 0 radical (unpaired) electrons. The van der Waals surface area contributed by atoms with Gasteiger partial charge in [0.15, 0.2) is 0 Å². The number of aryl methyl sites for hydroxylation is 1. The van der Waals surface area contributed by atoms with E-state index in [0.29, 0.717) is 13.1 Å². The third kappa shape index (κ3) is 4.28.